The van der Waals surface area contributed by atoms with Crippen LogP contribution < -0.4 is 0 Å². The third-order valence-corrected chi connectivity index (χ3v) is 6.29. The summed E-state index contributed by atoms with van der Waals surface area (Å²) in [5, 5.41) is 0. The van der Waals surface area contributed by atoms with Crippen LogP contribution in [-0.4, -0.2) is 48.4 Å². The molecule has 5 nitrogen and oxygen atoms in total. The summed E-state index contributed by atoms with van der Waals surface area (Å²) in [6.07, 6.45) is 2.96. The number of hydrogen-bond donors (Lipinski definition) is 0. The van der Waals surface area contributed by atoms with Gasteiger partial charge in [-0.3, -0.25) is 4.79 Å². The van der Waals surface area contributed by atoms with Crippen molar-refractivity contribution in [1.29, 1.82) is 0 Å². The molecule has 2 rings (SSSR count). The molecule has 0 aliphatic carbocycles. The minimum absolute atomic E-state index is 0.0374. The van der Waals surface area contributed by atoms with Crippen LogP contribution in [0.5, 0.6) is 0 Å². The van der Waals surface area contributed by atoms with Crippen molar-refractivity contribution in [2.75, 3.05) is 18.8 Å². The summed E-state index contributed by atoms with van der Waals surface area (Å²) in [6, 6.07) is 9.82. The Morgan fingerprint density at radius 1 is 1.12 bits per heavy atom. The van der Waals surface area contributed by atoms with Gasteiger partial charge < -0.3 is 4.90 Å². The zero-order chi connectivity index (χ0) is 17.6. The number of benzene rings is 1. The molecule has 1 aromatic carbocycles. The highest BCUT2D eigenvalue weighted by Crippen LogP contribution is 2.15. The first-order valence-corrected chi connectivity index (χ1v) is 10.3. The van der Waals surface area contributed by atoms with E-state index in [1.165, 1.54) is 0 Å². The number of amides is 1. The fraction of sp³-hybridized carbons (Fsp3) is 0.611. The lowest BCUT2D eigenvalue weighted by Gasteiger charge is -2.28. The molecule has 1 fully saturated rings. The molecule has 0 atom stereocenters. The highest BCUT2D eigenvalue weighted by atomic mass is 32.2. The molecular weight excluding hydrogens is 324 g/mol. The average molecular weight is 353 g/mol. The maximum Gasteiger partial charge on any atom is 0.224 e. The van der Waals surface area contributed by atoms with Crippen molar-refractivity contribution in [3.63, 3.8) is 0 Å². The molecule has 1 aromatic rings. The van der Waals surface area contributed by atoms with Crippen molar-refractivity contribution >= 4 is 15.9 Å². The van der Waals surface area contributed by atoms with Crippen LogP contribution in [0.2, 0.25) is 0 Å². The van der Waals surface area contributed by atoms with E-state index in [0.717, 1.165) is 24.8 Å². The van der Waals surface area contributed by atoms with Crippen LogP contribution in [0.3, 0.4) is 0 Å². The molecule has 1 aliphatic rings. The largest absolute Gasteiger partial charge is 0.336 e. The van der Waals surface area contributed by atoms with Crippen LogP contribution in [0.15, 0.2) is 30.3 Å². The van der Waals surface area contributed by atoms with E-state index in [0.29, 0.717) is 19.6 Å². The van der Waals surface area contributed by atoms with E-state index in [1.807, 2.05) is 44.2 Å². The van der Waals surface area contributed by atoms with Crippen molar-refractivity contribution in [2.24, 2.45) is 0 Å². The molecule has 0 aromatic heterocycles. The third kappa shape index (κ3) is 5.31. The fourth-order valence-corrected chi connectivity index (χ4v) is 4.48. The third-order valence-electron chi connectivity index (χ3n) is 4.42. The first-order valence-electron chi connectivity index (χ1n) is 8.71. The van der Waals surface area contributed by atoms with Gasteiger partial charge in [0.15, 0.2) is 0 Å². The Morgan fingerprint density at radius 3 is 2.33 bits per heavy atom. The predicted molar refractivity (Wildman–Crippen MR) is 96.0 cm³/mol. The number of carbonyl (C=O) groups excluding carboxylic acids is 1. The van der Waals surface area contributed by atoms with Gasteiger partial charge >= 0.3 is 0 Å². The first-order chi connectivity index (χ1) is 11.4. The van der Waals surface area contributed by atoms with Crippen LogP contribution in [-0.2, 0) is 21.4 Å². The van der Waals surface area contributed by atoms with Crippen molar-refractivity contribution < 1.29 is 13.2 Å². The van der Waals surface area contributed by atoms with Crippen molar-refractivity contribution in [2.45, 2.75) is 52.1 Å². The summed E-state index contributed by atoms with van der Waals surface area (Å²) in [5.74, 6) is -0.196. The lowest BCUT2D eigenvalue weighted by molar-refractivity contribution is -0.133. The Balaban J connectivity index is 1.95. The number of piperidine rings is 1. The van der Waals surface area contributed by atoms with Gasteiger partial charge in [-0.25, -0.2) is 12.7 Å². The molecule has 0 bridgehead atoms. The van der Waals surface area contributed by atoms with Crippen LogP contribution in [0.25, 0.3) is 0 Å². The highest BCUT2D eigenvalue weighted by molar-refractivity contribution is 7.89. The first kappa shape index (κ1) is 18.9. The van der Waals surface area contributed by atoms with E-state index >= 15 is 0 Å². The van der Waals surface area contributed by atoms with Crippen molar-refractivity contribution in [3.8, 4) is 0 Å². The molecule has 1 saturated heterocycles. The average Bonchev–Trinajstić information content (AvgIpc) is 2.59. The van der Waals surface area contributed by atoms with Crippen LogP contribution in [0.4, 0.5) is 0 Å². The molecule has 134 valence electrons. The maximum atomic E-state index is 12.6. The van der Waals surface area contributed by atoms with Gasteiger partial charge in [-0.2, -0.15) is 0 Å². The molecule has 1 aliphatic heterocycles. The van der Waals surface area contributed by atoms with Crippen LogP contribution in [0, 0.1) is 0 Å². The normalized spacial score (nSPS) is 16.3. The van der Waals surface area contributed by atoms with Gasteiger partial charge in [0, 0.05) is 32.1 Å². The zero-order valence-corrected chi connectivity index (χ0v) is 15.5. The summed E-state index contributed by atoms with van der Waals surface area (Å²) in [4.78, 5) is 14.3. The van der Waals surface area contributed by atoms with E-state index in [-0.39, 0.29) is 24.1 Å². The quantitative estimate of drug-likeness (QED) is 0.758. The molecule has 1 amide bonds. The second kappa shape index (κ2) is 8.62. The second-order valence-corrected chi connectivity index (χ2v) is 8.72. The predicted octanol–water partition coefficient (Wildman–Crippen LogP) is 2.63. The highest BCUT2D eigenvalue weighted by Gasteiger charge is 2.26. The van der Waals surface area contributed by atoms with Gasteiger partial charge in [0.05, 0.1) is 5.75 Å². The lowest BCUT2D eigenvalue weighted by Crippen LogP contribution is -2.40. The molecular formula is C18H28N2O3S. The van der Waals surface area contributed by atoms with E-state index in [9.17, 15) is 13.2 Å². The minimum atomic E-state index is -3.32. The molecule has 0 spiro atoms. The van der Waals surface area contributed by atoms with Crippen molar-refractivity contribution in [1.82, 2.24) is 9.21 Å². The lowest BCUT2D eigenvalue weighted by atomic mass is 10.2. The van der Waals surface area contributed by atoms with Crippen molar-refractivity contribution in [3.05, 3.63) is 35.9 Å². The van der Waals surface area contributed by atoms with E-state index in [1.54, 1.807) is 9.21 Å². The summed E-state index contributed by atoms with van der Waals surface area (Å²) < 4.78 is 26.3. The fourth-order valence-electron chi connectivity index (χ4n) is 2.97. The SMILES string of the molecule is CC(C)N(Cc1ccccc1)C(=O)CCS(=O)(=O)N1CCCCC1. The Labute approximate surface area is 145 Å². The Bertz CT molecular complexity index is 623. The molecule has 1 heterocycles. The number of hydrogen-bond acceptors (Lipinski definition) is 3. The van der Waals surface area contributed by atoms with E-state index in [4.69, 9.17) is 0 Å². The molecule has 24 heavy (non-hydrogen) atoms. The second-order valence-electron chi connectivity index (χ2n) is 6.63. The molecule has 0 N–H and O–H groups in total. The van der Waals surface area contributed by atoms with E-state index < -0.39 is 10.0 Å². The Kier molecular flexibility index (Phi) is 6.80. The zero-order valence-electron chi connectivity index (χ0n) is 14.6. The molecule has 0 unspecified atom stereocenters. The van der Waals surface area contributed by atoms with Gasteiger partial charge in [0.1, 0.15) is 0 Å². The van der Waals surface area contributed by atoms with Crippen LogP contribution >= 0.6 is 0 Å². The maximum absolute atomic E-state index is 12.6. The standard InChI is InChI=1S/C18H28N2O3S/c1-16(2)20(15-17-9-5-3-6-10-17)18(21)11-14-24(22,23)19-12-7-4-8-13-19/h3,5-6,9-10,16H,4,7-8,11-15H2,1-2H3. The summed E-state index contributed by atoms with van der Waals surface area (Å²) in [7, 11) is -3.32. The Morgan fingerprint density at radius 2 is 1.75 bits per heavy atom. The topological polar surface area (TPSA) is 57.7 Å². The number of rotatable bonds is 7. The Hall–Kier alpha value is -1.40. The van der Waals surface area contributed by atoms with Gasteiger partial charge in [-0.1, -0.05) is 36.8 Å². The molecule has 0 radical (unpaired) electrons. The van der Waals surface area contributed by atoms with Crippen LogP contribution in [0.1, 0.15) is 45.1 Å². The number of carbonyl (C=O) groups is 1. The molecule has 6 heteroatoms. The summed E-state index contributed by atoms with van der Waals surface area (Å²) >= 11 is 0. The van der Waals surface area contributed by atoms with Gasteiger partial charge in [-0.15, -0.1) is 0 Å². The smallest absolute Gasteiger partial charge is 0.224 e. The minimum Gasteiger partial charge on any atom is -0.336 e. The summed E-state index contributed by atoms with van der Waals surface area (Å²) in [5.41, 5.74) is 1.05. The summed E-state index contributed by atoms with van der Waals surface area (Å²) in [6.45, 7) is 5.62. The molecule has 0 saturated carbocycles. The van der Waals surface area contributed by atoms with Gasteiger partial charge in [0.25, 0.3) is 0 Å². The monoisotopic (exact) mass is 352 g/mol. The van der Waals surface area contributed by atoms with Gasteiger partial charge in [0.2, 0.25) is 15.9 Å². The number of sulfonamides is 1. The number of nitrogens with zero attached hydrogens (tertiary/aromatic N) is 2. The van der Waals surface area contributed by atoms with Gasteiger partial charge in [-0.05, 0) is 32.3 Å². The van der Waals surface area contributed by atoms with E-state index in [2.05, 4.69) is 0 Å².